The summed E-state index contributed by atoms with van der Waals surface area (Å²) in [7, 11) is 0. The number of hydrogen-bond acceptors (Lipinski definition) is 5. The van der Waals surface area contributed by atoms with Crippen molar-refractivity contribution in [1.82, 2.24) is 19.6 Å². The summed E-state index contributed by atoms with van der Waals surface area (Å²) in [5, 5.41) is 12.8. The minimum Gasteiger partial charge on any atom is -0.476 e. The number of carbonyl (C=O) groups is 2. The molecule has 32 heavy (non-hydrogen) atoms. The Morgan fingerprint density at radius 1 is 1.16 bits per heavy atom. The topological polar surface area (TPSA) is 87.9 Å². The van der Waals surface area contributed by atoms with E-state index in [1.54, 1.807) is 29.2 Å². The second-order valence-corrected chi connectivity index (χ2v) is 7.69. The van der Waals surface area contributed by atoms with Gasteiger partial charge in [-0.2, -0.15) is 9.78 Å². The van der Waals surface area contributed by atoms with Gasteiger partial charge in [0.25, 0.3) is 0 Å². The van der Waals surface area contributed by atoms with E-state index in [4.69, 9.17) is 9.84 Å². The summed E-state index contributed by atoms with van der Waals surface area (Å²) in [4.78, 5) is 27.6. The fraction of sp³-hybridized carbons (Fsp3) is 0.261. The van der Waals surface area contributed by atoms with E-state index in [1.165, 1.54) is 18.3 Å². The first-order valence-electron chi connectivity index (χ1n) is 10.2. The maximum absolute atomic E-state index is 14.2. The number of nitrogens with zero attached hydrogens (tertiary/aromatic N) is 4. The number of piperazine rings is 1. The quantitative estimate of drug-likeness (QED) is 0.654. The van der Waals surface area contributed by atoms with Gasteiger partial charge in [-0.15, -0.1) is 0 Å². The fourth-order valence-corrected chi connectivity index (χ4v) is 3.74. The van der Waals surface area contributed by atoms with Crippen molar-refractivity contribution in [2.45, 2.75) is 19.5 Å². The van der Waals surface area contributed by atoms with E-state index in [-0.39, 0.29) is 23.5 Å². The molecule has 1 saturated heterocycles. The number of aromatic carboxylic acids is 1. The summed E-state index contributed by atoms with van der Waals surface area (Å²) < 4.78 is 21.0. The number of para-hydroxylation sites is 1. The Morgan fingerprint density at radius 3 is 2.62 bits per heavy atom. The van der Waals surface area contributed by atoms with Crippen LogP contribution in [-0.2, 0) is 6.54 Å². The van der Waals surface area contributed by atoms with E-state index < -0.39 is 11.8 Å². The van der Waals surface area contributed by atoms with Gasteiger partial charge in [0.15, 0.2) is 17.3 Å². The van der Waals surface area contributed by atoms with Crippen LogP contribution < -0.4 is 4.74 Å². The van der Waals surface area contributed by atoms with Gasteiger partial charge in [0.1, 0.15) is 5.75 Å². The third-order valence-corrected chi connectivity index (χ3v) is 5.33. The largest absolute Gasteiger partial charge is 0.476 e. The predicted molar refractivity (Wildman–Crippen MR) is 114 cm³/mol. The molecule has 0 saturated carbocycles. The minimum atomic E-state index is -1.18. The molecule has 1 amide bonds. The molecule has 2 aromatic carbocycles. The first-order valence-corrected chi connectivity index (χ1v) is 10.2. The second kappa shape index (κ2) is 9.19. The van der Waals surface area contributed by atoms with Crippen molar-refractivity contribution in [1.29, 1.82) is 0 Å². The molecule has 1 fully saturated rings. The molecular weight excluding hydrogens is 415 g/mol. The van der Waals surface area contributed by atoms with Crippen molar-refractivity contribution in [3.8, 4) is 11.5 Å². The zero-order chi connectivity index (χ0) is 22.7. The lowest BCUT2D eigenvalue weighted by Gasteiger charge is -2.39. The summed E-state index contributed by atoms with van der Waals surface area (Å²) in [6.07, 6.45) is 1.36. The zero-order valence-electron chi connectivity index (χ0n) is 17.5. The van der Waals surface area contributed by atoms with Crippen LogP contribution in [0.2, 0.25) is 0 Å². The molecule has 166 valence electrons. The van der Waals surface area contributed by atoms with Crippen molar-refractivity contribution in [3.05, 3.63) is 77.9 Å². The van der Waals surface area contributed by atoms with Crippen molar-refractivity contribution < 1.29 is 23.8 Å². The summed E-state index contributed by atoms with van der Waals surface area (Å²) in [5.74, 6) is -0.872. The Kier molecular flexibility index (Phi) is 6.18. The highest BCUT2D eigenvalue weighted by Crippen LogP contribution is 2.26. The normalized spacial score (nSPS) is 16.7. The second-order valence-electron chi connectivity index (χ2n) is 7.69. The van der Waals surface area contributed by atoms with Crippen molar-refractivity contribution >= 4 is 12.0 Å². The van der Waals surface area contributed by atoms with Crippen LogP contribution in [0.4, 0.5) is 9.18 Å². The fourth-order valence-electron chi connectivity index (χ4n) is 3.74. The molecule has 4 rings (SSSR count). The number of amides is 1. The lowest BCUT2D eigenvalue weighted by Crippen LogP contribution is -2.54. The van der Waals surface area contributed by atoms with E-state index in [1.807, 2.05) is 25.1 Å². The molecule has 3 aromatic rings. The van der Waals surface area contributed by atoms with E-state index >= 15 is 0 Å². The first kappa shape index (κ1) is 21.5. The van der Waals surface area contributed by atoms with E-state index in [0.29, 0.717) is 31.9 Å². The number of halogens is 1. The highest BCUT2D eigenvalue weighted by Gasteiger charge is 2.29. The lowest BCUT2D eigenvalue weighted by molar-refractivity contribution is 0.0689. The Labute approximate surface area is 184 Å². The van der Waals surface area contributed by atoms with Gasteiger partial charge in [0, 0.05) is 38.4 Å². The lowest BCUT2D eigenvalue weighted by atomic mass is 10.1. The van der Waals surface area contributed by atoms with E-state index in [2.05, 4.69) is 10.00 Å². The molecule has 1 N–H and O–H groups in total. The van der Waals surface area contributed by atoms with Gasteiger partial charge in [-0.25, -0.2) is 14.0 Å². The molecule has 2 heterocycles. The number of rotatable bonds is 5. The monoisotopic (exact) mass is 438 g/mol. The summed E-state index contributed by atoms with van der Waals surface area (Å²) in [6.45, 7) is 4.22. The van der Waals surface area contributed by atoms with Crippen LogP contribution in [0.1, 0.15) is 23.0 Å². The number of carboxylic acid groups (broad SMARTS) is 1. The van der Waals surface area contributed by atoms with Crippen LogP contribution in [0.5, 0.6) is 11.5 Å². The van der Waals surface area contributed by atoms with Gasteiger partial charge >= 0.3 is 12.0 Å². The Morgan fingerprint density at radius 2 is 1.94 bits per heavy atom. The van der Waals surface area contributed by atoms with Gasteiger partial charge in [-0.1, -0.05) is 24.3 Å². The molecule has 1 aliphatic heterocycles. The number of hydrogen-bond donors (Lipinski definition) is 1. The molecule has 1 aromatic heterocycles. The summed E-state index contributed by atoms with van der Waals surface area (Å²) >= 11 is 0. The van der Waals surface area contributed by atoms with Crippen LogP contribution in [0.15, 0.2) is 60.8 Å². The average molecular weight is 438 g/mol. The molecule has 9 heteroatoms. The maximum Gasteiger partial charge on any atom is 0.356 e. The van der Waals surface area contributed by atoms with Crippen LogP contribution in [0.25, 0.3) is 0 Å². The third kappa shape index (κ3) is 4.78. The van der Waals surface area contributed by atoms with Crippen LogP contribution >= 0.6 is 0 Å². The number of ether oxygens (including phenoxy) is 1. The number of benzene rings is 2. The standard InChI is InChI=1S/C23H23FN4O4/c1-16-14-26(11-12-27(16)23(31)28-10-9-20(25-28)22(29)30)15-17-7-8-19(24)21(13-17)32-18-5-3-2-4-6-18/h2-10,13,16H,11-12,14-15H2,1H3,(H,29,30). The van der Waals surface area contributed by atoms with Crippen LogP contribution in [0, 0.1) is 5.82 Å². The predicted octanol–water partition coefficient (Wildman–Crippen LogP) is 3.69. The highest BCUT2D eigenvalue weighted by molar-refractivity contribution is 5.86. The van der Waals surface area contributed by atoms with Crippen LogP contribution in [0.3, 0.4) is 0 Å². The Hall–Kier alpha value is -3.72. The minimum absolute atomic E-state index is 0.103. The van der Waals surface area contributed by atoms with Crippen molar-refractivity contribution in [2.24, 2.45) is 0 Å². The number of aromatic nitrogens is 2. The molecular formula is C23H23FN4O4. The summed E-state index contributed by atoms with van der Waals surface area (Å²) in [6, 6.07) is 14.7. The number of carbonyl (C=O) groups excluding carboxylic acids is 1. The Balaban J connectivity index is 1.39. The SMILES string of the molecule is CC1CN(Cc2ccc(F)c(Oc3ccccc3)c2)CCN1C(=O)n1ccc(C(=O)O)n1. The Bertz CT molecular complexity index is 1120. The molecule has 1 atom stereocenters. The van der Waals surface area contributed by atoms with Gasteiger partial charge < -0.3 is 14.7 Å². The van der Waals surface area contributed by atoms with Crippen LogP contribution in [-0.4, -0.2) is 62.4 Å². The number of carboxylic acids is 1. The van der Waals surface area contributed by atoms with Gasteiger partial charge in [-0.3, -0.25) is 4.90 Å². The molecule has 0 aliphatic carbocycles. The molecule has 0 spiro atoms. The first-order chi connectivity index (χ1) is 15.4. The smallest absolute Gasteiger partial charge is 0.356 e. The molecule has 0 radical (unpaired) electrons. The maximum atomic E-state index is 14.2. The molecule has 0 bridgehead atoms. The van der Waals surface area contributed by atoms with Gasteiger partial charge in [0.05, 0.1) is 0 Å². The molecule has 1 unspecified atom stereocenters. The van der Waals surface area contributed by atoms with E-state index in [0.717, 1.165) is 10.2 Å². The van der Waals surface area contributed by atoms with Gasteiger partial charge in [-0.05, 0) is 42.8 Å². The van der Waals surface area contributed by atoms with Crippen molar-refractivity contribution in [2.75, 3.05) is 19.6 Å². The van der Waals surface area contributed by atoms with Gasteiger partial charge in [0.2, 0.25) is 0 Å². The van der Waals surface area contributed by atoms with E-state index in [9.17, 15) is 14.0 Å². The zero-order valence-corrected chi connectivity index (χ0v) is 17.5. The highest BCUT2D eigenvalue weighted by atomic mass is 19.1. The van der Waals surface area contributed by atoms with Crippen molar-refractivity contribution in [3.63, 3.8) is 0 Å². The summed E-state index contributed by atoms with van der Waals surface area (Å²) in [5.41, 5.74) is 0.733. The molecule has 1 aliphatic rings. The third-order valence-electron chi connectivity index (χ3n) is 5.33. The molecule has 8 nitrogen and oxygen atoms in total. The average Bonchev–Trinajstić information content (AvgIpc) is 3.27.